The van der Waals surface area contributed by atoms with Crippen LogP contribution >= 0.6 is 0 Å². The number of nitrogens with one attached hydrogen (secondary N) is 1. The zero-order valence-corrected chi connectivity index (χ0v) is 9.84. The molecule has 0 aliphatic rings. The molecule has 0 saturated carbocycles. The molecule has 2 aromatic heterocycles. The number of imidazole rings is 1. The molecular weight excluding hydrogens is 226 g/mol. The number of benzene rings is 1. The highest BCUT2D eigenvalue weighted by atomic mass is 16.1. The Labute approximate surface area is 104 Å². The minimum Gasteiger partial charge on any atom is -0.345 e. The number of rotatable bonds is 2. The fourth-order valence-corrected chi connectivity index (χ4v) is 1.89. The number of aromatic amines is 1. The molecule has 0 saturated heterocycles. The van der Waals surface area contributed by atoms with Crippen molar-refractivity contribution in [3.8, 4) is 11.4 Å². The maximum Gasteiger partial charge on any atom is 0.161 e. The monoisotopic (exact) mass is 237 g/mol. The molecule has 0 spiro atoms. The van der Waals surface area contributed by atoms with Crippen LogP contribution in [0.5, 0.6) is 0 Å². The summed E-state index contributed by atoms with van der Waals surface area (Å²) >= 11 is 0. The molecular formula is C14H11N3O. The van der Waals surface area contributed by atoms with Gasteiger partial charge in [-0.05, 0) is 31.2 Å². The van der Waals surface area contributed by atoms with Crippen LogP contribution in [0.15, 0.2) is 42.9 Å². The van der Waals surface area contributed by atoms with Gasteiger partial charge in [0.05, 0.1) is 5.52 Å². The maximum atomic E-state index is 11.3. The summed E-state index contributed by atoms with van der Waals surface area (Å²) in [4.78, 5) is 22.9. The molecule has 88 valence electrons. The highest BCUT2D eigenvalue weighted by Crippen LogP contribution is 2.21. The second-order valence-corrected chi connectivity index (χ2v) is 4.13. The molecule has 4 nitrogen and oxygen atoms in total. The van der Waals surface area contributed by atoms with E-state index in [4.69, 9.17) is 0 Å². The molecule has 3 aromatic rings. The molecule has 1 aromatic carbocycles. The number of Topliss-reactive ketones (excluding diaryl/α,β-unsaturated/α-hetero) is 1. The SMILES string of the molecule is CC(=O)c1cnc2ccc(-c3ncc[nH]3)cc2c1. The standard InChI is InChI=1S/C14H11N3O/c1-9(18)12-7-11-6-10(14-15-4-5-16-14)2-3-13(11)17-8-12/h2-8H,1H3,(H,15,16). The van der Waals surface area contributed by atoms with E-state index >= 15 is 0 Å². The van der Waals surface area contributed by atoms with Crippen molar-refractivity contribution in [3.63, 3.8) is 0 Å². The van der Waals surface area contributed by atoms with Crippen molar-refractivity contribution in [1.29, 1.82) is 0 Å². The van der Waals surface area contributed by atoms with Gasteiger partial charge in [-0.2, -0.15) is 0 Å². The molecule has 0 unspecified atom stereocenters. The Bertz CT molecular complexity index is 717. The first-order valence-electron chi connectivity index (χ1n) is 5.64. The van der Waals surface area contributed by atoms with Gasteiger partial charge in [-0.3, -0.25) is 9.78 Å². The van der Waals surface area contributed by atoms with Gasteiger partial charge in [-0.25, -0.2) is 4.98 Å². The number of nitrogens with zero attached hydrogens (tertiary/aromatic N) is 2. The maximum absolute atomic E-state index is 11.3. The van der Waals surface area contributed by atoms with Gasteiger partial charge >= 0.3 is 0 Å². The molecule has 0 radical (unpaired) electrons. The first kappa shape index (κ1) is 10.7. The molecule has 4 heteroatoms. The molecule has 18 heavy (non-hydrogen) atoms. The number of aromatic nitrogens is 3. The summed E-state index contributed by atoms with van der Waals surface area (Å²) < 4.78 is 0. The summed E-state index contributed by atoms with van der Waals surface area (Å²) in [6.07, 6.45) is 5.10. The van der Waals surface area contributed by atoms with Gasteiger partial charge in [0.15, 0.2) is 5.78 Å². The Balaban J connectivity index is 2.18. The van der Waals surface area contributed by atoms with E-state index in [1.807, 2.05) is 24.3 Å². The van der Waals surface area contributed by atoms with E-state index in [-0.39, 0.29) is 5.78 Å². The smallest absolute Gasteiger partial charge is 0.161 e. The van der Waals surface area contributed by atoms with E-state index < -0.39 is 0 Å². The van der Waals surface area contributed by atoms with Gasteiger partial charge in [0, 0.05) is 35.1 Å². The van der Waals surface area contributed by atoms with Crippen molar-refractivity contribution in [2.75, 3.05) is 0 Å². The van der Waals surface area contributed by atoms with Crippen LogP contribution < -0.4 is 0 Å². The van der Waals surface area contributed by atoms with Crippen LogP contribution in [0.3, 0.4) is 0 Å². The van der Waals surface area contributed by atoms with E-state index in [9.17, 15) is 4.79 Å². The van der Waals surface area contributed by atoms with E-state index in [0.29, 0.717) is 5.56 Å². The lowest BCUT2D eigenvalue weighted by atomic mass is 10.1. The third-order valence-corrected chi connectivity index (χ3v) is 2.86. The Morgan fingerprint density at radius 2 is 2.11 bits per heavy atom. The van der Waals surface area contributed by atoms with Crippen molar-refractivity contribution in [3.05, 3.63) is 48.4 Å². The third kappa shape index (κ3) is 1.78. The number of ketones is 1. The highest BCUT2D eigenvalue weighted by Gasteiger charge is 2.05. The molecule has 1 N–H and O–H groups in total. The molecule has 0 bridgehead atoms. The molecule has 0 aliphatic carbocycles. The second-order valence-electron chi connectivity index (χ2n) is 4.13. The first-order valence-corrected chi connectivity index (χ1v) is 5.64. The predicted molar refractivity (Wildman–Crippen MR) is 69.3 cm³/mol. The Morgan fingerprint density at radius 3 is 2.83 bits per heavy atom. The fourth-order valence-electron chi connectivity index (χ4n) is 1.89. The normalized spacial score (nSPS) is 10.7. The fraction of sp³-hybridized carbons (Fsp3) is 0.0714. The average Bonchev–Trinajstić information content (AvgIpc) is 2.91. The zero-order valence-electron chi connectivity index (χ0n) is 9.84. The van der Waals surface area contributed by atoms with Crippen molar-refractivity contribution in [1.82, 2.24) is 15.0 Å². The van der Waals surface area contributed by atoms with E-state index in [1.165, 1.54) is 0 Å². The van der Waals surface area contributed by atoms with Crippen molar-refractivity contribution in [2.24, 2.45) is 0 Å². The van der Waals surface area contributed by atoms with Crippen LogP contribution in [0, 0.1) is 0 Å². The van der Waals surface area contributed by atoms with Crippen molar-refractivity contribution in [2.45, 2.75) is 6.92 Å². The van der Waals surface area contributed by atoms with Crippen molar-refractivity contribution >= 4 is 16.7 Å². The van der Waals surface area contributed by atoms with E-state index in [0.717, 1.165) is 22.3 Å². The van der Waals surface area contributed by atoms with E-state index in [1.54, 1.807) is 25.5 Å². The Kier molecular flexibility index (Phi) is 2.41. The predicted octanol–water partition coefficient (Wildman–Crippen LogP) is 2.83. The quantitative estimate of drug-likeness (QED) is 0.697. The average molecular weight is 237 g/mol. The van der Waals surface area contributed by atoms with Crippen LogP contribution in [0.25, 0.3) is 22.3 Å². The summed E-state index contributed by atoms with van der Waals surface area (Å²) in [5.74, 6) is 0.831. The number of pyridine rings is 1. The lowest BCUT2D eigenvalue weighted by Gasteiger charge is -2.02. The van der Waals surface area contributed by atoms with Gasteiger partial charge in [-0.15, -0.1) is 0 Å². The number of carbonyl (C=O) groups excluding carboxylic acids is 1. The lowest BCUT2D eigenvalue weighted by molar-refractivity contribution is 0.101. The summed E-state index contributed by atoms with van der Waals surface area (Å²) in [6, 6.07) is 7.73. The highest BCUT2D eigenvalue weighted by molar-refractivity contribution is 5.97. The minimum atomic E-state index is 0.0211. The third-order valence-electron chi connectivity index (χ3n) is 2.86. The zero-order chi connectivity index (χ0) is 12.5. The minimum absolute atomic E-state index is 0.0211. The van der Waals surface area contributed by atoms with Gasteiger partial charge in [-0.1, -0.05) is 0 Å². The summed E-state index contributed by atoms with van der Waals surface area (Å²) in [7, 11) is 0. The van der Waals surface area contributed by atoms with Gasteiger partial charge in [0.25, 0.3) is 0 Å². The van der Waals surface area contributed by atoms with Crippen LogP contribution in [-0.2, 0) is 0 Å². The molecule has 0 aliphatic heterocycles. The van der Waals surface area contributed by atoms with Crippen molar-refractivity contribution < 1.29 is 4.79 Å². The Morgan fingerprint density at radius 1 is 1.22 bits per heavy atom. The molecule has 0 fully saturated rings. The number of hydrogen-bond acceptors (Lipinski definition) is 3. The van der Waals surface area contributed by atoms with E-state index in [2.05, 4.69) is 15.0 Å². The molecule has 0 atom stereocenters. The molecule has 3 rings (SSSR count). The van der Waals surface area contributed by atoms with Crippen LogP contribution in [0.4, 0.5) is 0 Å². The molecule has 0 amide bonds. The van der Waals surface area contributed by atoms with Crippen LogP contribution in [0.2, 0.25) is 0 Å². The largest absolute Gasteiger partial charge is 0.345 e. The molecule has 2 heterocycles. The Hall–Kier alpha value is -2.49. The van der Waals surface area contributed by atoms with Gasteiger partial charge < -0.3 is 4.98 Å². The number of H-pyrrole nitrogens is 1. The number of hydrogen-bond donors (Lipinski definition) is 1. The summed E-state index contributed by atoms with van der Waals surface area (Å²) in [5.41, 5.74) is 2.48. The topological polar surface area (TPSA) is 58.6 Å². The summed E-state index contributed by atoms with van der Waals surface area (Å²) in [6.45, 7) is 1.54. The lowest BCUT2D eigenvalue weighted by Crippen LogP contribution is -1.93. The van der Waals surface area contributed by atoms with Gasteiger partial charge in [0.2, 0.25) is 0 Å². The second kappa shape index (κ2) is 4.07. The van der Waals surface area contributed by atoms with Gasteiger partial charge in [0.1, 0.15) is 5.82 Å². The first-order chi connectivity index (χ1) is 8.74. The van der Waals surface area contributed by atoms with Crippen LogP contribution in [-0.4, -0.2) is 20.7 Å². The van der Waals surface area contributed by atoms with Crippen LogP contribution in [0.1, 0.15) is 17.3 Å². The number of carbonyl (C=O) groups is 1. The number of fused-ring (bicyclic) bond motifs is 1. The summed E-state index contributed by atoms with van der Waals surface area (Å²) in [5, 5.41) is 0.941.